The number of aromatic amines is 1. The molecule has 0 radical (unpaired) electrons. The van der Waals surface area contributed by atoms with Crippen LogP contribution < -0.4 is 10.9 Å². The lowest BCUT2D eigenvalue weighted by Crippen LogP contribution is -2.38. The summed E-state index contributed by atoms with van der Waals surface area (Å²) in [6.07, 6.45) is 0. The van der Waals surface area contributed by atoms with Crippen molar-refractivity contribution in [1.29, 1.82) is 0 Å². The van der Waals surface area contributed by atoms with Gasteiger partial charge in [0.05, 0.1) is 16.5 Å². The molecule has 0 bridgehead atoms. The molecule has 5 nitrogen and oxygen atoms in total. The first-order chi connectivity index (χ1) is 13.8. The lowest BCUT2D eigenvalue weighted by atomic mass is 9.97. The fourth-order valence-electron chi connectivity index (χ4n) is 3.46. The van der Waals surface area contributed by atoms with E-state index in [1.807, 2.05) is 0 Å². The van der Waals surface area contributed by atoms with Gasteiger partial charge in [0.15, 0.2) is 0 Å². The molecule has 3 aromatic rings. The molecule has 150 valence electrons. The van der Waals surface area contributed by atoms with E-state index in [1.54, 1.807) is 24.9 Å². The van der Waals surface area contributed by atoms with Crippen LogP contribution in [0.4, 0.5) is 19.3 Å². The number of pyridine rings is 1. The predicted octanol–water partition coefficient (Wildman–Crippen LogP) is 4.91. The molecule has 2 amide bonds. The lowest BCUT2D eigenvalue weighted by Gasteiger charge is -2.33. The zero-order valence-electron chi connectivity index (χ0n) is 15.3. The van der Waals surface area contributed by atoms with Gasteiger partial charge in [0, 0.05) is 35.5 Å². The fourth-order valence-corrected chi connectivity index (χ4v) is 4.80. The van der Waals surface area contributed by atoms with E-state index >= 15 is 0 Å². The molecule has 9 heteroatoms. The minimum absolute atomic E-state index is 0.0883. The van der Waals surface area contributed by atoms with Gasteiger partial charge in [-0.1, -0.05) is 17.7 Å². The van der Waals surface area contributed by atoms with E-state index < -0.39 is 17.7 Å². The molecule has 2 heterocycles. The molecule has 1 aliphatic rings. The monoisotopic (exact) mass is 435 g/mol. The largest absolute Gasteiger partial charge is 0.324 e. The first-order valence-corrected chi connectivity index (χ1v) is 10.3. The number of nitrogens with one attached hydrogen (secondary N) is 2. The zero-order chi connectivity index (χ0) is 20.7. The van der Waals surface area contributed by atoms with E-state index in [-0.39, 0.29) is 22.0 Å². The topological polar surface area (TPSA) is 65.2 Å². The molecule has 2 aromatic carbocycles. The number of thioether (sulfide) groups is 1. The van der Waals surface area contributed by atoms with E-state index in [4.69, 9.17) is 11.6 Å². The lowest BCUT2D eigenvalue weighted by molar-refractivity contribution is 0.209. The molecule has 0 fully saturated rings. The van der Waals surface area contributed by atoms with Gasteiger partial charge < -0.3 is 15.2 Å². The van der Waals surface area contributed by atoms with E-state index in [0.717, 1.165) is 11.3 Å². The van der Waals surface area contributed by atoms with Gasteiger partial charge in [0.25, 0.3) is 5.56 Å². The number of fused-ring (bicyclic) bond motifs is 3. The number of rotatable bonds is 2. The van der Waals surface area contributed by atoms with Crippen LogP contribution in [0.3, 0.4) is 0 Å². The summed E-state index contributed by atoms with van der Waals surface area (Å²) in [5, 5.41) is 3.49. The average molecular weight is 436 g/mol. The molecule has 1 aromatic heterocycles. The number of halogens is 3. The Labute approximate surface area is 174 Å². The first kappa shape index (κ1) is 19.7. The first-order valence-electron chi connectivity index (χ1n) is 8.76. The van der Waals surface area contributed by atoms with Gasteiger partial charge in [-0.25, -0.2) is 13.6 Å². The highest BCUT2D eigenvalue weighted by Crippen LogP contribution is 2.37. The summed E-state index contributed by atoms with van der Waals surface area (Å²) in [7, 11) is 1.64. The third-order valence-electron chi connectivity index (χ3n) is 4.92. The maximum atomic E-state index is 13.7. The molecule has 1 atom stereocenters. The van der Waals surface area contributed by atoms with Crippen LogP contribution in [0, 0.1) is 11.6 Å². The third kappa shape index (κ3) is 3.70. The second-order valence-corrected chi connectivity index (χ2v) is 8.17. The van der Waals surface area contributed by atoms with Crippen molar-refractivity contribution in [3.8, 4) is 0 Å². The summed E-state index contributed by atoms with van der Waals surface area (Å²) in [4.78, 5) is 29.5. The van der Waals surface area contributed by atoms with Crippen LogP contribution in [-0.2, 0) is 5.75 Å². The molecule has 1 aliphatic heterocycles. The maximum absolute atomic E-state index is 13.7. The molecule has 0 unspecified atom stereocenters. The number of benzene rings is 2. The van der Waals surface area contributed by atoms with Gasteiger partial charge >= 0.3 is 6.03 Å². The highest BCUT2D eigenvalue weighted by Gasteiger charge is 2.30. The molecule has 29 heavy (non-hydrogen) atoms. The predicted molar refractivity (Wildman–Crippen MR) is 112 cm³/mol. The van der Waals surface area contributed by atoms with Crippen LogP contribution in [-0.4, -0.2) is 28.7 Å². The van der Waals surface area contributed by atoms with Gasteiger partial charge in [-0.05, 0) is 35.7 Å². The quantitative estimate of drug-likeness (QED) is 0.601. The Morgan fingerprint density at radius 1 is 1.24 bits per heavy atom. The number of H-pyrrole nitrogens is 1. The Hall–Kier alpha value is -2.58. The van der Waals surface area contributed by atoms with Crippen LogP contribution in [0.15, 0.2) is 41.2 Å². The number of nitrogens with zero attached hydrogens (tertiary/aromatic N) is 1. The van der Waals surface area contributed by atoms with Crippen molar-refractivity contribution < 1.29 is 13.6 Å². The van der Waals surface area contributed by atoms with Gasteiger partial charge in [0.2, 0.25) is 0 Å². The Bertz CT molecular complexity index is 1180. The second kappa shape index (κ2) is 7.68. The van der Waals surface area contributed by atoms with Gasteiger partial charge in [-0.15, -0.1) is 0 Å². The number of hydrogen-bond acceptors (Lipinski definition) is 3. The van der Waals surface area contributed by atoms with Crippen molar-refractivity contribution in [3.05, 3.63) is 74.7 Å². The number of carbonyl (C=O) groups excluding carboxylic acids is 1. The molecule has 4 rings (SSSR count). The molecule has 2 N–H and O–H groups in total. The standard InChI is InChI=1S/C20H16ClF2N3O2S/c1-26(20(28)24-11-3-5-15(23)14(21)7-11)17-9-29-8-16-18(17)12-4-2-10(22)6-13(12)19(27)25-16/h2-7,17H,8-9H2,1H3,(H,24,28)(H,25,27)/t17-/m1/s1. The van der Waals surface area contributed by atoms with E-state index in [2.05, 4.69) is 10.3 Å². The van der Waals surface area contributed by atoms with Crippen molar-refractivity contribution >= 4 is 45.9 Å². The van der Waals surface area contributed by atoms with Crippen molar-refractivity contribution in [2.75, 3.05) is 18.1 Å². The number of carbonyl (C=O) groups is 1. The van der Waals surface area contributed by atoms with Crippen molar-refractivity contribution in [3.63, 3.8) is 0 Å². The number of aromatic nitrogens is 1. The number of hydrogen-bond donors (Lipinski definition) is 2. The Morgan fingerprint density at radius 2 is 2.03 bits per heavy atom. The second-order valence-electron chi connectivity index (χ2n) is 6.74. The maximum Gasteiger partial charge on any atom is 0.322 e. The average Bonchev–Trinajstić information content (AvgIpc) is 2.70. The van der Waals surface area contributed by atoms with Crippen LogP contribution in [0.5, 0.6) is 0 Å². The van der Waals surface area contributed by atoms with Crippen LogP contribution >= 0.6 is 23.4 Å². The highest BCUT2D eigenvalue weighted by molar-refractivity contribution is 7.98. The number of anilines is 1. The Balaban J connectivity index is 1.70. The molecule has 0 spiro atoms. The summed E-state index contributed by atoms with van der Waals surface area (Å²) < 4.78 is 27.0. The van der Waals surface area contributed by atoms with E-state index in [1.165, 1.54) is 35.2 Å². The molecular weight excluding hydrogens is 420 g/mol. The van der Waals surface area contributed by atoms with Crippen molar-refractivity contribution in [2.45, 2.75) is 11.8 Å². The van der Waals surface area contributed by atoms with Gasteiger partial charge in [-0.3, -0.25) is 4.79 Å². The summed E-state index contributed by atoms with van der Waals surface area (Å²) >= 11 is 7.36. The normalized spacial score (nSPS) is 15.8. The van der Waals surface area contributed by atoms with E-state index in [9.17, 15) is 18.4 Å². The summed E-state index contributed by atoms with van der Waals surface area (Å²) in [5.41, 5.74) is 1.53. The van der Waals surface area contributed by atoms with Crippen LogP contribution in [0.1, 0.15) is 17.3 Å². The Kier molecular flexibility index (Phi) is 5.23. The Morgan fingerprint density at radius 3 is 2.79 bits per heavy atom. The van der Waals surface area contributed by atoms with Crippen molar-refractivity contribution in [1.82, 2.24) is 9.88 Å². The zero-order valence-corrected chi connectivity index (χ0v) is 16.8. The molecule has 0 saturated carbocycles. The summed E-state index contributed by atoms with van der Waals surface area (Å²) in [6.45, 7) is 0. The van der Waals surface area contributed by atoms with Gasteiger partial charge in [0.1, 0.15) is 11.6 Å². The van der Waals surface area contributed by atoms with E-state index in [0.29, 0.717) is 22.6 Å². The van der Waals surface area contributed by atoms with Crippen molar-refractivity contribution in [2.24, 2.45) is 0 Å². The van der Waals surface area contributed by atoms with Crippen LogP contribution in [0.25, 0.3) is 10.8 Å². The SMILES string of the molecule is CN(C(=O)Nc1ccc(F)c(Cl)c1)[C@@H]1CSCc2[nH]c(=O)c3cc(F)ccc3c21. The minimum Gasteiger partial charge on any atom is -0.324 e. The summed E-state index contributed by atoms with van der Waals surface area (Å²) in [6, 6.07) is 7.27. The minimum atomic E-state index is -0.571. The molecule has 0 aliphatic carbocycles. The van der Waals surface area contributed by atoms with Crippen LogP contribution in [0.2, 0.25) is 5.02 Å². The highest BCUT2D eigenvalue weighted by atomic mass is 35.5. The molecular formula is C20H16ClF2N3O2S. The summed E-state index contributed by atoms with van der Waals surface area (Å²) in [5.74, 6) is 0.138. The third-order valence-corrected chi connectivity index (χ3v) is 6.25. The number of urea groups is 1. The fraction of sp³-hybridized carbons (Fsp3) is 0.200. The van der Waals surface area contributed by atoms with Gasteiger partial charge in [-0.2, -0.15) is 11.8 Å². The number of amides is 2. The molecule has 0 saturated heterocycles. The smallest absolute Gasteiger partial charge is 0.322 e.